The largest absolute Gasteiger partial charge is 0.451 e. The smallest absolute Gasteiger partial charge is 0.330 e. The first-order valence-electron chi connectivity index (χ1n) is 6.97. The maximum absolute atomic E-state index is 12.2. The van der Waals surface area contributed by atoms with E-state index in [4.69, 9.17) is 4.74 Å². The zero-order valence-corrected chi connectivity index (χ0v) is 13.5. The van der Waals surface area contributed by atoms with Crippen LogP contribution < -0.4 is 10.6 Å². The lowest BCUT2D eigenvalue weighted by Crippen LogP contribution is -2.49. The molecular formula is C13H19N3O5S. The van der Waals surface area contributed by atoms with Gasteiger partial charge in [0.2, 0.25) is 5.91 Å². The second-order valence-corrected chi connectivity index (χ2v) is 6.91. The average molecular weight is 329 g/mol. The SMILES string of the molecule is CNC(=O)NC(=O)[C@H](C)OC(=O)[C@@H]1CS[C@@]2(C)CCC(=O)N12. The van der Waals surface area contributed by atoms with Gasteiger partial charge in [0, 0.05) is 19.2 Å². The number of carbonyl (C=O) groups is 4. The summed E-state index contributed by atoms with van der Waals surface area (Å²) >= 11 is 1.54. The minimum absolute atomic E-state index is 0.0723. The minimum Gasteiger partial charge on any atom is -0.451 e. The lowest BCUT2D eigenvalue weighted by Gasteiger charge is -2.29. The van der Waals surface area contributed by atoms with E-state index in [1.165, 1.54) is 14.0 Å². The number of carbonyl (C=O) groups excluding carboxylic acids is 4. The predicted octanol–water partition coefficient (Wildman–Crippen LogP) is -0.172. The highest BCUT2D eigenvalue weighted by molar-refractivity contribution is 8.01. The van der Waals surface area contributed by atoms with Crippen molar-refractivity contribution in [1.82, 2.24) is 15.5 Å². The fourth-order valence-electron chi connectivity index (χ4n) is 2.58. The molecular weight excluding hydrogens is 310 g/mol. The number of thioether (sulfide) groups is 1. The third-order valence-corrected chi connectivity index (χ3v) is 5.35. The lowest BCUT2D eigenvalue weighted by atomic mass is 10.2. The van der Waals surface area contributed by atoms with Crippen LogP contribution in [0.2, 0.25) is 0 Å². The van der Waals surface area contributed by atoms with Gasteiger partial charge in [-0.15, -0.1) is 11.8 Å². The van der Waals surface area contributed by atoms with Crippen LogP contribution in [0.5, 0.6) is 0 Å². The van der Waals surface area contributed by atoms with Crippen molar-refractivity contribution >= 4 is 35.6 Å². The molecule has 0 bridgehead atoms. The summed E-state index contributed by atoms with van der Waals surface area (Å²) in [5.74, 6) is -0.956. The first-order chi connectivity index (χ1) is 10.3. The molecule has 9 heteroatoms. The van der Waals surface area contributed by atoms with Gasteiger partial charge in [0.1, 0.15) is 6.04 Å². The lowest BCUT2D eigenvalue weighted by molar-refractivity contribution is -0.161. The maximum atomic E-state index is 12.2. The summed E-state index contributed by atoms with van der Waals surface area (Å²) < 4.78 is 5.10. The number of esters is 1. The summed E-state index contributed by atoms with van der Waals surface area (Å²) in [4.78, 5) is 48.1. The Balaban J connectivity index is 1.96. The Morgan fingerprint density at radius 1 is 1.45 bits per heavy atom. The molecule has 0 radical (unpaired) electrons. The summed E-state index contributed by atoms with van der Waals surface area (Å²) in [6, 6.07) is -1.35. The minimum atomic E-state index is -1.11. The number of hydrogen-bond acceptors (Lipinski definition) is 6. The molecule has 2 aliphatic rings. The van der Waals surface area contributed by atoms with Crippen molar-refractivity contribution in [3.05, 3.63) is 0 Å². The molecule has 122 valence electrons. The molecule has 0 aromatic carbocycles. The monoisotopic (exact) mass is 329 g/mol. The number of nitrogens with one attached hydrogen (secondary N) is 2. The Bertz CT molecular complexity index is 526. The quantitative estimate of drug-likeness (QED) is 0.697. The molecule has 0 saturated carbocycles. The first kappa shape index (κ1) is 16.6. The van der Waals surface area contributed by atoms with Crippen molar-refractivity contribution in [2.75, 3.05) is 12.8 Å². The van der Waals surface area contributed by atoms with E-state index in [2.05, 4.69) is 5.32 Å². The summed E-state index contributed by atoms with van der Waals surface area (Å²) in [6.45, 7) is 3.31. The zero-order chi connectivity index (χ0) is 16.5. The van der Waals surface area contributed by atoms with Gasteiger partial charge in [-0.2, -0.15) is 0 Å². The second-order valence-electron chi connectivity index (χ2n) is 5.41. The number of ether oxygens (including phenoxy) is 1. The molecule has 2 aliphatic heterocycles. The van der Waals surface area contributed by atoms with Gasteiger partial charge in [-0.25, -0.2) is 9.59 Å². The number of rotatable bonds is 3. The molecule has 2 N–H and O–H groups in total. The van der Waals surface area contributed by atoms with Crippen molar-refractivity contribution < 1.29 is 23.9 Å². The normalized spacial score (nSPS) is 28.0. The van der Waals surface area contributed by atoms with Crippen LogP contribution >= 0.6 is 11.8 Å². The van der Waals surface area contributed by atoms with E-state index >= 15 is 0 Å². The molecule has 0 spiro atoms. The summed E-state index contributed by atoms with van der Waals surface area (Å²) in [5, 5.41) is 4.27. The van der Waals surface area contributed by atoms with Crippen molar-refractivity contribution in [2.45, 2.75) is 43.7 Å². The van der Waals surface area contributed by atoms with Crippen LogP contribution in [-0.4, -0.2) is 58.5 Å². The van der Waals surface area contributed by atoms with Crippen LogP contribution in [0, 0.1) is 0 Å². The Kier molecular flexibility index (Phi) is 4.64. The molecule has 4 amide bonds. The fraction of sp³-hybridized carbons (Fsp3) is 0.692. The van der Waals surface area contributed by atoms with E-state index in [1.807, 2.05) is 12.2 Å². The van der Waals surface area contributed by atoms with Gasteiger partial charge in [0.25, 0.3) is 5.91 Å². The first-order valence-corrected chi connectivity index (χ1v) is 7.96. The highest BCUT2D eigenvalue weighted by Gasteiger charge is 2.53. The van der Waals surface area contributed by atoms with Gasteiger partial charge < -0.3 is 15.0 Å². The van der Waals surface area contributed by atoms with Crippen LogP contribution in [0.3, 0.4) is 0 Å². The van der Waals surface area contributed by atoms with Gasteiger partial charge >= 0.3 is 12.0 Å². The van der Waals surface area contributed by atoms with E-state index < -0.39 is 30.1 Å². The third-order valence-electron chi connectivity index (χ3n) is 3.84. The van der Waals surface area contributed by atoms with Gasteiger partial charge in [0.05, 0.1) is 4.87 Å². The number of hydrogen-bond donors (Lipinski definition) is 2. The van der Waals surface area contributed by atoms with Crippen LogP contribution in [-0.2, 0) is 19.1 Å². The molecule has 0 aliphatic carbocycles. The van der Waals surface area contributed by atoms with Crippen molar-refractivity contribution in [3.63, 3.8) is 0 Å². The molecule has 22 heavy (non-hydrogen) atoms. The van der Waals surface area contributed by atoms with Crippen molar-refractivity contribution in [2.24, 2.45) is 0 Å². The maximum Gasteiger partial charge on any atom is 0.330 e. The molecule has 3 atom stereocenters. The number of fused-ring (bicyclic) bond motifs is 1. The molecule has 2 saturated heterocycles. The van der Waals surface area contributed by atoms with Crippen LogP contribution in [0.4, 0.5) is 4.79 Å². The highest BCUT2D eigenvalue weighted by Crippen LogP contribution is 2.47. The highest BCUT2D eigenvalue weighted by atomic mass is 32.2. The van der Waals surface area contributed by atoms with Crippen molar-refractivity contribution in [1.29, 1.82) is 0 Å². The Morgan fingerprint density at radius 2 is 2.14 bits per heavy atom. The van der Waals surface area contributed by atoms with Gasteiger partial charge in [-0.05, 0) is 20.3 Å². The second kappa shape index (κ2) is 6.15. The number of imide groups is 1. The molecule has 0 aromatic rings. The molecule has 8 nitrogen and oxygen atoms in total. The molecule has 2 rings (SSSR count). The van der Waals surface area contributed by atoms with Gasteiger partial charge in [-0.1, -0.05) is 0 Å². The van der Waals surface area contributed by atoms with E-state index in [1.54, 1.807) is 16.7 Å². The standard InChI is InChI=1S/C13H19N3O5S/c1-7(10(18)15-12(20)14-3)21-11(19)8-6-22-13(2)5-4-9(17)16(8)13/h7-8H,4-6H2,1-3H3,(H2,14,15,18,20)/t7-,8-,13-/m0/s1. The molecule has 0 unspecified atom stereocenters. The topological polar surface area (TPSA) is 105 Å². The summed E-state index contributed by atoms with van der Waals surface area (Å²) in [5.41, 5.74) is 0. The zero-order valence-electron chi connectivity index (χ0n) is 12.7. The number of urea groups is 1. The Hall–Kier alpha value is -1.77. The molecule has 0 aromatic heterocycles. The summed E-state index contributed by atoms with van der Waals surface area (Å²) in [6.07, 6.45) is 0.00633. The van der Waals surface area contributed by atoms with Gasteiger partial charge in [0.15, 0.2) is 6.10 Å². The van der Waals surface area contributed by atoms with E-state index in [0.717, 1.165) is 0 Å². The van der Waals surface area contributed by atoms with Gasteiger partial charge in [-0.3, -0.25) is 14.9 Å². The van der Waals surface area contributed by atoms with Crippen molar-refractivity contribution in [3.8, 4) is 0 Å². The van der Waals surface area contributed by atoms with E-state index in [-0.39, 0.29) is 10.8 Å². The molecule has 2 heterocycles. The van der Waals surface area contributed by atoms with E-state index in [0.29, 0.717) is 18.6 Å². The number of nitrogens with zero attached hydrogens (tertiary/aromatic N) is 1. The molecule has 2 fully saturated rings. The fourth-order valence-corrected chi connectivity index (χ4v) is 3.99. The predicted molar refractivity (Wildman–Crippen MR) is 78.9 cm³/mol. The Morgan fingerprint density at radius 3 is 2.77 bits per heavy atom. The number of amides is 4. The average Bonchev–Trinajstić information content (AvgIpc) is 2.95. The third kappa shape index (κ3) is 3.03. The van der Waals surface area contributed by atoms with Crippen LogP contribution in [0.25, 0.3) is 0 Å². The summed E-state index contributed by atoms with van der Waals surface area (Å²) in [7, 11) is 1.37. The Labute approximate surface area is 132 Å². The van der Waals surface area contributed by atoms with E-state index in [9.17, 15) is 19.2 Å². The van der Waals surface area contributed by atoms with Crippen LogP contribution in [0.1, 0.15) is 26.7 Å². The van der Waals surface area contributed by atoms with Crippen LogP contribution in [0.15, 0.2) is 0 Å².